The van der Waals surface area contributed by atoms with Gasteiger partial charge in [-0.1, -0.05) is 34.1 Å². The first-order chi connectivity index (χ1) is 12.6. The topological polar surface area (TPSA) is 78.8 Å². The van der Waals surface area contributed by atoms with Crippen molar-refractivity contribution in [3.05, 3.63) is 63.6 Å². The number of anilines is 1. The van der Waals surface area contributed by atoms with E-state index in [-0.39, 0.29) is 6.54 Å². The number of hydrogen-bond acceptors (Lipinski definition) is 4. The Kier molecular flexibility index (Phi) is 6.78. The van der Waals surface area contributed by atoms with Crippen LogP contribution < -0.4 is 9.73 Å². The number of sulfonamides is 1. The minimum atomic E-state index is -3.62. The molecule has 2 aromatic carbocycles. The molecule has 0 aliphatic carbocycles. The molecule has 0 bridgehead atoms. The van der Waals surface area contributed by atoms with Crippen LogP contribution in [-0.2, 0) is 14.8 Å². The third-order valence-electron chi connectivity index (χ3n) is 3.79. The van der Waals surface area contributed by atoms with Gasteiger partial charge in [0.05, 0.1) is 17.7 Å². The Hall–Kier alpha value is -2.19. The van der Waals surface area contributed by atoms with Crippen LogP contribution in [0.5, 0.6) is 0 Å². The molecule has 2 rings (SSSR count). The van der Waals surface area contributed by atoms with E-state index in [4.69, 9.17) is 0 Å². The Morgan fingerprint density at radius 2 is 1.67 bits per heavy atom. The lowest BCUT2D eigenvalue weighted by Gasteiger charge is -2.22. The van der Waals surface area contributed by atoms with Crippen LogP contribution >= 0.6 is 15.9 Å². The molecule has 0 radical (unpaired) electrons. The first-order valence-electron chi connectivity index (χ1n) is 8.21. The van der Waals surface area contributed by atoms with Crippen molar-refractivity contribution in [2.45, 2.75) is 20.8 Å². The van der Waals surface area contributed by atoms with Crippen molar-refractivity contribution in [1.29, 1.82) is 0 Å². The van der Waals surface area contributed by atoms with Gasteiger partial charge in [-0.25, -0.2) is 13.8 Å². The molecule has 0 atom stereocenters. The van der Waals surface area contributed by atoms with E-state index in [0.717, 1.165) is 31.7 Å². The van der Waals surface area contributed by atoms with Crippen LogP contribution in [0.3, 0.4) is 0 Å². The van der Waals surface area contributed by atoms with Crippen molar-refractivity contribution >= 4 is 43.3 Å². The molecule has 0 unspecified atom stereocenters. The molecule has 2 aromatic rings. The summed E-state index contributed by atoms with van der Waals surface area (Å²) in [6.07, 6.45) is 1.08. The van der Waals surface area contributed by atoms with Crippen LogP contribution in [0.4, 0.5) is 5.69 Å². The van der Waals surface area contributed by atoms with Crippen LogP contribution in [0.25, 0.3) is 0 Å². The van der Waals surface area contributed by atoms with Crippen LogP contribution in [0.1, 0.15) is 23.6 Å². The number of nitrogens with one attached hydrogen (secondary N) is 1. The number of nitrogens with zero attached hydrogens (tertiary/aromatic N) is 2. The zero-order valence-electron chi connectivity index (χ0n) is 15.7. The van der Waals surface area contributed by atoms with Crippen molar-refractivity contribution in [2.24, 2.45) is 5.10 Å². The van der Waals surface area contributed by atoms with Crippen molar-refractivity contribution in [1.82, 2.24) is 5.43 Å². The van der Waals surface area contributed by atoms with Gasteiger partial charge in [0, 0.05) is 4.47 Å². The van der Waals surface area contributed by atoms with E-state index < -0.39 is 15.9 Å². The van der Waals surface area contributed by atoms with Gasteiger partial charge in [-0.2, -0.15) is 5.10 Å². The molecule has 0 aromatic heterocycles. The third-order valence-corrected chi connectivity index (χ3v) is 5.46. The van der Waals surface area contributed by atoms with Crippen molar-refractivity contribution < 1.29 is 13.2 Å². The van der Waals surface area contributed by atoms with Crippen molar-refractivity contribution in [2.75, 3.05) is 17.1 Å². The van der Waals surface area contributed by atoms with Gasteiger partial charge in [-0.3, -0.25) is 9.10 Å². The number of rotatable bonds is 6. The summed E-state index contributed by atoms with van der Waals surface area (Å²) in [6.45, 7) is 5.17. The quantitative estimate of drug-likeness (QED) is 0.539. The molecule has 0 heterocycles. The molecule has 0 saturated heterocycles. The molecule has 1 N–H and O–H groups in total. The number of benzene rings is 2. The average molecular weight is 452 g/mol. The molecular weight excluding hydrogens is 430 g/mol. The number of halogens is 1. The fourth-order valence-corrected chi connectivity index (χ4v) is 3.67. The Balaban J connectivity index is 2.17. The smallest absolute Gasteiger partial charge is 0.260 e. The van der Waals surface area contributed by atoms with Gasteiger partial charge in [0.25, 0.3) is 5.91 Å². The van der Waals surface area contributed by atoms with Gasteiger partial charge in [0.1, 0.15) is 6.54 Å². The molecule has 0 saturated carbocycles. The van der Waals surface area contributed by atoms with Gasteiger partial charge in [-0.05, 0) is 61.7 Å². The van der Waals surface area contributed by atoms with E-state index in [2.05, 4.69) is 26.5 Å². The fourth-order valence-electron chi connectivity index (χ4n) is 2.56. The summed E-state index contributed by atoms with van der Waals surface area (Å²) in [5.41, 5.74) is 6.20. The van der Waals surface area contributed by atoms with E-state index in [1.165, 1.54) is 0 Å². The summed E-state index contributed by atoms with van der Waals surface area (Å²) in [4.78, 5) is 12.3. The predicted molar refractivity (Wildman–Crippen MR) is 113 cm³/mol. The molecular formula is C19H22BrN3O3S. The van der Waals surface area contributed by atoms with Crippen molar-refractivity contribution in [3.8, 4) is 0 Å². The molecule has 0 aliphatic rings. The Labute approximate surface area is 168 Å². The largest absolute Gasteiger partial charge is 0.271 e. The maximum Gasteiger partial charge on any atom is 0.260 e. The Morgan fingerprint density at radius 1 is 1.11 bits per heavy atom. The summed E-state index contributed by atoms with van der Waals surface area (Å²) in [7, 11) is -3.62. The zero-order valence-corrected chi connectivity index (χ0v) is 18.1. The first kappa shape index (κ1) is 21.1. The minimum absolute atomic E-state index is 0.348. The minimum Gasteiger partial charge on any atom is -0.271 e. The molecule has 8 heteroatoms. The fraction of sp³-hybridized carbons (Fsp3) is 0.263. The lowest BCUT2D eigenvalue weighted by molar-refractivity contribution is -0.119. The molecule has 0 fully saturated rings. The van der Waals surface area contributed by atoms with Crippen molar-refractivity contribution in [3.63, 3.8) is 0 Å². The number of carbonyl (C=O) groups is 1. The second-order valence-electron chi connectivity index (χ2n) is 6.35. The monoisotopic (exact) mass is 451 g/mol. The van der Waals surface area contributed by atoms with E-state index >= 15 is 0 Å². The number of aryl methyl sites for hydroxylation is 2. The maximum absolute atomic E-state index is 12.3. The number of amides is 1. The molecule has 0 aliphatic heterocycles. The van der Waals surface area contributed by atoms with E-state index in [9.17, 15) is 13.2 Å². The third kappa shape index (κ3) is 6.18. The summed E-state index contributed by atoms with van der Waals surface area (Å²) < 4.78 is 26.4. The lowest BCUT2D eigenvalue weighted by Crippen LogP contribution is -2.39. The van der Waals surface area contributed by atoms with Gasteiger partial charge in [-0.15, -0.1) is 0 Å². The number of hydrogen-bond donors (Lipinski definition) is 1. The highest BCUT2D eigenvalue weighted by Crippen LogP contribution is 2.21. The SMILES string of the molecule is C/C(=N/NC(=O)CN(c1cc(C)cc(C)c1)S(C)(=O)=O)c1ccc(Br)cc1. The standard InChI is InChI=1S/C19H22BrN3O3S/c1-13-9-14(2)11-18(10-13)23(27(4,25)26)12-19(24)22-21-15(3)16-5-7-17(20)8-6-16/h5-11H,12H2,1-4H3,(H,22,24)/b21-15-. The Morgan fingerprint density at radius 3 is 2.19 bits per heavy atom. The number of carbonyl (C=O) groups excluding carboxylic acids is 1. The van der Waals surface area contributed by atoms with Crippen LogP contribution in [0.2, 0.25) is 0 Å². The van der Waals surface area contributed by atoms with E-state index in [1.807, 2.05) is 44.2 Å². The average Bonchev–Trinajstić information content (AvgIpc) is 2.56. The first-order valence-corrected chi connectivity index (χ1v) is 10.9. The van der Waals surface area contributed by atoms with Gasteiger partial charge in [0.2, 0.25) is 10.0 Å². The summed E-state index contributed by atoms with van der Waals surface area (Å²) in [5.74, 6) is -0.518. The summed E-state index contributed by atoms with van der Waals surface area (Å²) >= 11 is 3.36. The molecule has 0 spiro atoms. The molecule has 144 valence electrons. The maximum atomic E-state index is 12.3. The Bertz CT molecular complexity index is 950. The normalized spacial score (nSPS) is 12.0. The molecule has 1 amide bonds. The zero-order chi connectivity index (χ0) is 20.2. The molecule has 6 nitrogen and oxygen atoms in total. The second-order valence-corrected chi connectivity index (χ2v) is 9.18. The summed E-state index contributed by atoms with van der Waals surface area (Å²) in [6, 6.07) is 12.9. The highest BCUT2D eigenvalue weighted by molar-refractivity contribution is 9.10. The van der Waals surface area contributed by atoms with Crippen LogP contribution in [0.15, 0.2) is 52.0 Å². The van der Waals surface area contributed by atoms with Gasteiger partial charge in [0.15, 0.2) is 0 Å². The van der Waals surface area contributed by atoms with Crippen LogP contribution in [0, 0.1) is 13.8 Å². The van der Waals surface area contributed by atoms with E-state index in [1.54, 1.807) is 19.1 Å². The lowest BCUT2D eigenvalue weighted by atomic mass is 10.1. The number of hydrazone groups is 1. The van der Waals surface area contributed by atoms with Crippen LogP contribution in [-0.4, -0.2) is 32.8 Å². The van der Waals surface area contributed by atoms with Gasteiger partial charge >= 0.3 is 0 Å². The van der Waals surface area contributed by atoms with Gasteiger partial charge < -0.3 is 0 Å². The molecule has 27 heavy (non-hydrogen) atoms. The van der Waals surface area contributed by atoms with E-state index in [0.29, 0.717) is 11.4 Å². The predicted octanol–water partition coefficient (Wildman–Crippen LogP) is 3.37. The highest BCUT2D eigenvalue weighted by Gasteiger charge is 2.21. The highest BCUT2D eigenvalue weighted by atomic mass is 79.9. The second kappa shape index (κ2) is 8.67. The summed E-state index contributed by atoms with van der Waals surface area (Å²) in [5, 5.41) is 4.07.